The number of hydrogen-bond acceptors (Lipinski definition) is 1. The second kappa shape index (κ2) is 3.78. The highest BCUT2D eigenvalue weighted by Crippen LogP contribution is 2.34. The second-order valence-electron chi connectivity index (χ2n) is 4.15. The molecule has 2 aromatic carbocycles. The van der Waals surface area contributed by atoms with E-state index in [2.05, 4.69) is 0 Å². The van der Waals surface area contributed by atoms with Crippen LogP contribution in [0.5, 0.6) is 5.75 Å². The molecular formula is C14H15FO. The monoisotopic (exact) mass is 218 g/mol. The van der Waals surface area contributed by atoms with Crippen LogP contribution in [0.3, 0.4) is 0 Å². The predicted octanol–water partition coefficient (Wildman–Crippen LogP) is 3.91. The summed E-state index contributed by atoms with van der Waals surface area (Å²) in [5, 5.41) is 1.48. The van der Waals surface area contributed by atoms with Gasteiger partial charge < -0.3 is 4.74 Å². The van der Waals surface area contributed by atoms with Crippen molar-refractivity contribution in [2.75, 3.05) is 7.11 Å². The Labute approximate surface area is 94.9 Å². The zero-order chi connectivity index (χ0) is 11.9. The van der Waals surface area contributed by atoms with Crippen LogP contribution in [0.25, 0.3) is 10.8 Å². The van der Waals surface area contributed by atoms with Crippen molar-refractivity contribution in [2.24, 2.45) is 0 Å². The van der Waals surface area contributed by atoms with Gasteiger partial charge in [0, 0.05) is 10.8 Å². The number of halogens is 1. The summed E-state index contributed by atoms with van der Waals surface area (Å²) in [6, 6.07) is 5.69. The van der Waals surface area contributed by atoms with Crippen LogP contribution in [-0.2, 0) is 0 Å². The molecule has 0 aliphatic heterocycles. The van der Waals surface area contributed by atoms with E-state index >= 15 is 0 Å². The van der Waals surface area contributed by atoms with Gasteiger partial charge in [-0.25, -0.2) is 4.39 Å². The summed E-state index contributed by atoms with van der Waals surface area (Å²) in [4.78, 5) is 0. The lowest BCUT2D eigenvalue weighted by Crippen LogP contribution is -1.96. The minimum Gasteiger partial charge on any atom is -0.496 e. The van der Waals surface area contributed by atoms with Crippen molar-refractivity contribution in [3.63, 3.8) is 0 Å². The molecule has 84 valence electrons. The Morgan fingerprint density at radius 2 is 1.69 bits per heavy atom. The first-order valence-corrected chi connectivity index (χ1v) is 5.29. The number of methoxy groups -OCH3 is 1. The fourth-order valence-electron chi connectivity index (χ4n) is 2.04. The predicted molar refractivity (Wildman–Crippen MR) is 64.7 cm³/mol. The minimum absolute atomic E-state index is 0.145. The Morgan fingerprint density at radius 1 is 1.00 bits per heavy atom. The summed E-state index contributed by atoms with van der Waals surface area (Å²) >= 11 is 0. The summed E-state index contributed by atoms with van der Waals surface area (Å²) in [6.45, 7) is 5.66. The lowest BCUT2D eigenvalue weighted by molar-refractivity contribution is 0.415. The molecule has 0 heterocycles. The summed E-state index contributed by atoms with van der Waals surface area (Å²) in [7, 11) is 1.63. The van der Waals surface area contributed by atoms with Gasteiger partial charge in [-0.3, -0.25) is 0 Å². The lowest BCUT2D eigenvalue weighted by atomic mass is 9.99. The van der Waals surface area contributed by atoms with Gasteiger partial charge in [0.25, 0.3) is 0 Å². The maximum atomic E-state index is 14.1. The van der Waals surface area contributed by atoms with Crippen LogP contribution in [-0.4, -0.2) is 7.11 Å². The number of rotatable bonds is 1. The van der Waals surface area contributed by atoms with E-state index in [0.717, 1.165) is 22.3 Å². The molecule has 0 radical (unpaired) electrons. The van der Waals surface area contributed by atoms with Crippen molar-refractivity contribution in [3.8, 4) is 5.75 Å². The van der Waals surface area contributed by atoms with Crippen LogP contribution in [0.2, 0.25) is 0 Å². The molecule has 2 aromatic rings. The van der Waals surface area contributed by atoms with Crippen LogP contribution in [0.15, 0.2) is 18.2 Å². The Morgan fingerprint density at radius 3 is 2.31 bits per heavy atom. The van der Waals surface area contributed by atoms with Crippen LogP contribution in [0.1, 0.15) is 16.7 Å². The Kier molecular flexibility index (Phi) is 2.58. The van der Waals surface area contributed by atoms with Crippen LogP contribution in [0, 0.1) is 26.6 Å². The quantitative estimate of drug-likeness (QED) is 0.705. The number of ether oxygens (including phenoxy) is 1. The van der Waals surface area contributed by atoms with Gasteiger partial charge in [-0.2, -0.15) is 0 Å². The topological polar surface area (TPSA) is 9.23 Å². The Bertz CT molecular complexity index is 558. The average Bonchev–Trinajstić information content (AvgIpc) is 2.27. The molecule has 0 amide bonds. The van der Waals surface area contributed by atoms with Gasteiger partial charge in [0.15, 0.2) is 0 Å². The maximum absolute atomic E-state index is 14.1. The molecule has 0 aliphatic rings. The first-order chi connectivity index (χ1) is 7.56. The molecule has 2 rings (SSSR count). The second-order valence-corrected chi connectivity index (χ2v) is 4.15. The molecule has 0 aliphatic carbocycles. The van der Waals surface area contributed by atoms with E-state index in [1.807, 2.05) is 32.0 Å². The van der Waals surface area contributed by atoms with E-state index < -0.39 is 0 Å². The van der Waals surface area contributed by atoms with Crippen LogP contribution in [0.4, 0.5) is 4.39 Å². The summed E-state index contributed by atoms with van der Waals surface area (Å²) in [5.41, 5.74) is 2.64. The Hall–Kier alpha value is -1.57. The third-order valence-electron chi connectivity index (χ3n) is 3.09. The van der Waals surface area contributed by atoms with Crippen molar-refractivity contribution in [1.82, 2.24) is 0 Å². The van der Waals surface area contributed by atoms with Crippen molar-refractivity contribution in [1.29, 1.82) is 0 Å². The van der Waals surface area contributed by atoms with E-state index in [-0.39, 0.29) is 5.82 Å². The molecule has 0 N–H and O–H groups in total. The average molecular weight is 218 g/mol. The molecule has 0 bridgehead atoms. The third-order valence-corrected chi connectivity index (χ3v) is 3.09. The van der Waals surface area contributed by atoms with Crippen LogP contribution < -0.4 is 4.74 Å². The van der Waals surface area contributed by atoms with E-state index in [1.165, 1.54) is 0 Å². The standard InChI is InChI=1S/C14H15FO/c1-8-5-6-11-12(7-8)14(16-4)10(3)9(2)13(11)15/h5-7H,1-4H3. The minimum atomic E-state index is -0.145. The normalized spacial score (nSPS) is 10.8. The van der Waals surface area contributed by atoms with Gasteiger partial charge in [0.05, 0.1) is 7.11 Å². The molecule has 0 saturated carbocycles. The first kappa shape index (κ1) is 10.9. The van der Waals surface area contributed by atoms with Crippen molar-refractivity contribution >= 4 is 10.8 Å². The largest absolute Gasteiger partial charge is 0.496 e. The van der Waals surface area contributed by atoms with E-state index in [1.54, 1.807) is 14.0 Å². The van der Waals surface area contributed by atoms with Gasteiger partial charge >= 0.3 is 0 Å². The molecule has 0 aromatic heterocycles. The van der Waals surface area contributed by atoms with Crippen molar-refractivity contribution in [2.45, 2.75) is 20.8 Å². The van der Waals surface area contributed by atoms with E-state index in [0.29, 0.717) is 10.9 Å². The highest BCUT2D eigenvalue weighted by Gasteiger charge is 2.14. The molecule has 16 heavy (non-hydrogen) atoms. The number of aryl methyl sites for hydroxylation is 1. The third kappa shape index (κ3) is 1.45. The van der Waals surface area contributed by atoms with Crippen molar-refractivity contribution < 1.29 is 9.13 Å². The molecule has 0 spiro atoms. The van der Waals surface area contributed by atoms with Gasteiger partial charge in [0.1, 0.15) is 11.6 Å². The summed E-state index contributed by atoms with van der Waals surface area (Å²) in [6.07, 6.45) is 0. The molecule has 0 atom stereocenters. The fraction of sp³-hybridized carbons (Fsp3) is 0.286. The molecule has 2 heteroatoms. The molecular weight excluding hydrogens is 203 g/mol. The molecule has 0 unspecified atom stereocenters. The molecule has 1 nitrogen and oxygen atoms in total. The SMILES string of the molecule is COc1c(C)c(C)c(F)c2ccc(C)cc12. The van der Waals surface area contributed by atoms with Gasteiger partial charge in [-0.1, -0.05) is 17.7 Å². The zero-order valence-corrected chi connectivity index (χ0v) is 10.0. The molecule has 0 fully saturated rings. The number of benzene rings is 2. The van der Waals surface area contributed by atoms with Gasteiger partial charge in [-0.05, 0) is 38.0 Å². The molecule has 0 saturated heterocycles. The highest BCUT2D eigenvalue weighted by atomic mass is 19.1. The van der Waals surface area contributed by atoms with Crippen LogP contribution >= 0.6 is 0 Å². The zero-order valence-electron chi connectivity index (χ0n) is 10.0. The smallest absolute Gasteiger partial charge is 0.134 e. The summed E-state index contributed by atoms with van der Waals surface area (Å²) in [5.74, 6) is 0.630. The number of hydrogen-bond donors (Lipinski definition) is 0. The first-order valence-electron chi connectivity index (χ1n) is 5.29. The van der Waals surface area contributed by atoms with Crippen molar-refractivity contribution in [3.05, 3.63) is 40.7 Å². The number of fused-ring (bicyclic) bond motifs is 1. The van der Waals surface area contributed by atoms with E-state index in [4.69, 9.17) is 4.74 Å². The van der Waals surface area contributed by atoms with E-state index in [9.17, 15) is 4.39 Å². The Balaban J connectivity index is 2.98. The summed E-state index contributed by atoms with van der Waals surface area (Å²) < 4.78 is 19.4. The highest BCUT2D eigenvalue weighted by molar-refractivity contribution is 5.91. The van der Waals surface area contributed by atoms with Gasteiger partial charge in [0.2, 0.25) is 0 Å². The van der Waals surface area contributed by atoms with Gasteiger partial charge in [-0.15, -0.1) is 0 Å². The maximum Gasteiger partial charge on any atom is 0.134 e. The lowest BCUT2D eigenvalue weighted by Gasteiger charge is -2.13. The fourth-order valence-corrected chi connectivity index (χ4v) is 2.04.